The molecule has 0 bridgehead atoms. The summed E-state index contributed by atoms with van der Waals surface area (Å²) in [4.78, 5) is 36.1. The van der Waals surface area contributed by atoms with Gasteiger partial charge in [-0.25, -0.2) is 0 Å². The number of nitro groups is 1. The lowest BCUT2D eigenvalue weighted by Crippen LogP contribution is -2.25. The average Bonchev–Trinajstić information content (AvgIpc) is 3.18. The van der Waals surface area contributed by atoms with Crippen LogP contribution >= 0.6 is 0 Å². The van der Waals surface area contributed by atoms with Gasteiger partial charge in [0, 0.05) is 37.7 Å². The molecule has 2 rings (SSSR count). The molecule has 1 amide bonds. The highest BCUT2D eigenvalue weighted by Crippen LogP contribution is 2.31. The molecule has 1 aliphatic heterocycles. The lowest BCUT2D eigenvalue weighted by molar-refractivity contribution is -0.384. The van der Waals surface area contributed by atoms with Gasteiger partial charge >= 0.3 is 5.97 Å². The monoisotopic (exact) mass is 363 g/mol. The number of rotatable bonds is 9. The summed E-state index contributed by atoms with van der Waals surface area (Å²) >= 11 is 0. The van der Waals surface area contributed by atoms with Crippen molar-refractivity contribution in [2.75, 3.05) is 31.6 Å². The first-order chi connectivity index (χ1) is 12.5. The summed E-state index contributed by atoms with van der Waals surface area (Å²) < 4.78 is 4.56. The number of carbonyl (C=O) groups excluding carboxylic acids is 2. The highest BCUT2D eigenvalue weighted by Gasteiger charge is 2.23. The van der Waals surface area contributed by atoms with Gasteiger partial charge in [0.1, 0.15) is 5.69 Å². The maximum Gasteiger partial charge on any atom is 0.305 e. The minimum Gasteiger partial charge on any atom is -0.469 e. The molecule has 8 nitrogen and oxygen atoms in total. The molecule has 1 N–H and O–H groups in total. The first kappa shape index (κ1) is 19.7. The Labute approximate surface area is 152 Å². The van der Waals surface area contributed by atoms with E-state index in [0.29, 0.717) is 25.1 Å². The van der Waals surface area contributed by atoms with Crippen molar-refractivity contribution >= 4 is 23.3 Å². The summed E-state index contributed by atoms with van der Waals surface area (Å²) in [5.74, 6) is -0.562. The second kappa shape index (κ2) is 9.74. The number of methoxy groups -OCH3 is 1. The summed E-state index contributed by atoms with van der Waals surface area (Å²) in [6.45, 7) is 2.07. The van der Waals surface area contributed by atoms with E-state index in [1.807, 2.05) is 4.90 Å². The largest absolute Gasteiger partial charge is 0.469 e. The van der Waals surface area contributed by atoms with Crippen molar-refractivity contribution < 1.29 is 19.2 Å². The Balaban J connectivity index is 1.87. The molecule has 0 aromatic heterocycles. The SMILES string of the molecule is COC(=O)CCCCCNC(=O)c1ccc(N2CCCC2)c([N+](=O)[O-])c1. The van der Waals surface area contributed by atoms with Crippen molar-refractivity contribution in [3.63, 3.8) is 0 Å². The Morgan fingerprint density at radius 2 is 1.96 bits per heavy atom. The number of benzene rings is 1. The first-order valence-electron chi connectivity index (χ1n) is 8.91. The van der Waals surface area contributed by atoms with Crippen LogP contribution in [0.4, 0.5) is 11.4 Å². The molecule has 0 radical (unpaired) electrons. The van der Waals surface area contributed by atoms with E-state index in [-0.39, 0.29) is 23.1 Å². The molecule has 1 aromatic carbocycles. The number of anilines is 1. The molecular weight excluding hydrogens is 338 g/mol. The standard InChI is InChI=1S/C18H25N3O5/c1-26-17(22)7-3-2-4-10-19-18(23)14-8-9-15(16(13-14)21(24)25)20-11-5-6-12-20/h8-9,13H,2-7,10-12H2,1H3,(H,19,23). The van der Waals surface area contributed by atoms with E-state index >= 15 is 0 Å². The third-order valence-electron chi connectivity index (χ3n) is 4.45. The van der Waals surface area contributed by atoms with Crippen molar-refractivity contribution in [3.8, 4) is 0 Å². The van der Waals surface area contributed by atoms with Crippen LogP contribution in [0.25, 0.3) is 0 Å². The molecule has 8 heteroatoms. The quantitative estimate of drug-likeness (QED) is 0.313. The molecule has 1 aliphatic rings. The van der Waals surface area contributed by atoms with Gasteiger partial charge in [-0.2, -0.15) is 0 Å². The fourth-order valence-electron chi connectivity index (χ4n) is 3.01. The van der Waals surface area contributed by atoms with Gasteiger partial charge in [0.05, 0.1) is 12.0 Å². The molecule has 1 fully saturated rings. The van der Waals surface area contributed by atoms with E-state index in [1.54, 1.807) is 12.1 Å². The summed E-state index contributed by atoms with van der Waals surface area (Å²) in [7, 11) is 1.36. The molecule has 1 aromatic rings. The van der Waals surface area contributed by atoms with E-state index in [2.05, 4.69) is 10.1 Å². The van der Waals surface area contributed by atoms with Crippen LogP contribution in [0.5, 0.6) is 0 Å². The highest BCUT2D eigenvalue weighted by atomic mass is 16.6. The number of amides is 1. The Morgan fingerprint density at radius 1 is 1.23 bits per heavy atom. The summed E-state index contributed by atoms with van der Waals surface area (Å²) in [5.41, 5.74) is 0.832. The predicted molar refractivity (Wildman–Crippen MR) is 97.4 cm³/mol. The number of carbonyl (C=O) groups is 2. The van der Waals surface area contributed by atoms with Gasteiger partial charge < -0.3 is 15.0 Å². The smallest absolute Gasteiger partial charge is 0.305 e. The second-order valence-electron chi connectivity index (χ2n) is 6.30. The van der Waals surface area contributed by atoms with Crippen LogP contribution in [0.3, 0.4) is 0 Å². The lowest BCUT2D eigenvalue weighted by Gasteiger charge is -2.17. The molecule has 1 heterocycles. The maximum atomic E-state index is 12.2. The molecule has 26 heavy (non-hydrogen) atoms. The van der Waals surface area contributed by atoms with E-state index < -0.39 is 4.92 Å². The third-order valence-corrected chi connectivity index (χ3v) is 4.45. The molecule has 0 aliphatic carbocycles. The van der Waals surface area contributed by atoms with Crippen LogP contribution in [0, 0.1) is 10.1 Å². The number of esters is 1. The minimum absolute atomic E-state index is 0.0300. The Hall–Kier alpha value is -2.64. The van der Waals surface area contributed by atoms with Crippen molar-refractivity contribution in [1.82, 2.24) is 5.32 Å². The van der Waals surface area contributed by atoms with Crippen LogP contribution in [-0.4, -0.2) is 43.5 Å². The number of nitro benzene ring substituents is 1. The Bertz CT molecular complexity index is 656. The van der Waals surface area contributed by atoms with E-state index in [0.717, 1.165) is 38.8 Å². The normalized spacial score (nSPS) is 13.5. The van der Waals surface area contributed by atoms with Gasteiger partial charge in [0.15, 0.2) is 0 Å². The number of unbranched alkanes of at least 4 members (excludes halogenated alkanes) is 2. The first-order valence-corrected chi connectivity index (χ1v) is 8.91. The summed E-state index contributed by atoms with van der Waals surface area (Å²) in [6, 6.07) is 4.64. The zero-order chi connectivity index (χ0) is 18.9. The Kier molecular flexibility index (Phi) is 7.37. The molecule has 0 spiro atoms. The van der Waals surface area contributed by atoms with Gasteiger partial charge in [0.2, 0.25) is 0 Å². The fourth-order valence-corrected chi connectivity index (χ4v) is 3.01. The molecule has 0 saturated carbocycles. The third kappa shape index (κ3) is 5.44. The van der Waals surface area contributed by atoms with Gasteiger partial charge in [0.25, 0.3) is 11.6 Å². The zero-order valence-electron chi connectivity index (χ0n) is 15.0. The van der Waals surface area contributed by atoms with Crippen LogP contribution in [0.2, 0.25) is 0 Å². The fraction of sp³-hybridized carbons (Fsp3) is 0.556. The number of hydrogen-bond acceptors (Lipinski definition) is 6. The number of hydrogen-bond donors (Lipinski definition) is 1. The average molecular weight is 363 g/mol. The van der Waals surface area contributed by atoms with Crippen LogP contribution in [0.15, 0.2) is 18.2 Å². The predicted octanol–water partition coefficient (Wildman–Crippen LogP) is 2.66. The maximum absolute atomic E-state index is 12.2. The van der Waals surface area contributed by atoms with Crippen LogP contribution in [0.1, 0.15) is 48.9 Å². The zero-order valence-corrected chi connectivity index (χ0v) is 15.0. The lowest BCUT2D eigenvalue weighted by atomic mass is 10.1. The number of nitrogens with one attached hydrogen (secondary N) is 1. The molecule has 142 valence electrons. The van der Waals surface area contributed by atoms with Gasteiger partial charge in [-0.1, -0.05) is 6.42 Å². The van der Waals surface area contributed by atoms with Crippen molar-refractivity contribution in [1.29, 1.82) is 0 Å². The van der Waals surface area contributed by atoms with E-state index in [4.69, 9.17) is 0 Å². The van der Waals surface area contributed by atoms with Gasteiger partial charge in [-0.05, 0) is 37.8 Å². The topological polar surface area (TPSA) is 102 Å². The van der Waals surface area contributed by atoms with Crippen molar-refractivity contribution in [2.45, 2.75) is 38.5 Å². The number of nitrogens with zero attached hydrogens (tertiary/aromatic N) is 2. The molecule has 1 saturated heterocycles. The van der Waals surface area contributed by atoms with E-state index in [9.17, 15) is 19.7 Å². The number of ether oxygens (including phenoxy) is 1. The van der Waals surface area contributed by atoms with Gasteiger partial charge in [-0.3, -0.25) is 19.7 Å². The molecule has 0 atom stereocenters. The highest BCUT2D eigenvalue weighted by molar-refractivity contribution is 5.95. The van der Waals surface area contributed by atoms with E-state index in [1.165, 1.54) is 13.2 Å². The summed E-state index contributed by atoms with van der Waals surface area (Å²) in [6.07, 6.45) is 4.65. The van der Waals surface area contributed by atoms with Crippen LogP contribution < -0.4 is 10.2 Å². The van der Waals surface area contributed by atoms with Gasteiger partial charge in [-0.15, -0.1) is 0 Å². The Morgan fingerprint density at radius 3 is 2.62 bits per heavy atom. The van der Waals surface area contributed by atoms with Crippen LogP contribution in [-0.2, 0) is 9.53 Å². The molecule has 0 unspecified atom stereocenters. The minimum atomic E-state index is -0.433. The summed E-state index contributed by atoms with van der Waals surface area (Å²) in [5, 5.41) is 14.1. The second-order valence-corrected chi connectivity index (χ2v) is 6.30. The van der Waals surface area contributed by atoms with Crippen molar-refractivity contribution in [2.24, 2.45) is 0 Å². The van der Waals surface area contributed by atoms with Crippen molar-refractivity contribution in [3.05, 3.63) is 33.9 Å². The molecular formula is C18H25N3O5.